The Morgan fingerprint density at radius 3 is 2.00 bits per heavy atom. The molecule has 0 saturated carbocycles. The number of carbonyl (C=O) groups excluding carboxylic acids is 2. The van der Waals surface area contributed by atoms with Gasteiger partial charge in [0.05, 0.1) is 12.1 Å². The van der Waals surface area contributed by atoms with Gasteiger partial charge in [-0.25, -0.2) is 10.2 Å². The number of hydrogen-bond donors (Lipinski definition) is 3. The number of amides is 2. The van der Waals surface area contributed by atoms with E-state index >= 15 is 0 Å². The first kappa shape index (κ1) is 23.8. The van der Waals surface area contributed by atoms with Crippen LogP contribution in [0.4, 0.5) is 4.79 Å². The predicted molar refractivity (Wildman–Crippen MR) is 129 cm³/mol. The molecule has 0 aliphatic carbocycles. The SMILES string of the molecule is C=CC[C@@H](NNC(=O)c1ccccc1)[C@H](Cc1ccccc1)NC(=O)OCc1ccccc1. The molecule has 0 aromatic heterocycles. The van der Waals surface area contributed by atoms with Gasteiger partial charge in [-0.1, -0.05) is 84.9 Å². The lowest BCUT2D eigenvalue weighted by molar-refractivity contribution is 0.0919. The summed E-state index contributed by atoms with van der Waals surface area (Å²) in [6, 6.07) is 27.6. The van der Waals surface area contributed by atoms with Gasteiger partial charge in [0.25, 0.3) is 5.91 Å². The Hall–Kier alpha value is -3.90. The summed E-state index contributed by atoms with van der Waals surface area (Å²) in [5.41, 5.74) is 8.33. The minimum Gasteiger partial charge on any atom is -0.445 e. The molecule has 0 saturated heterocycles. The molecule has 33 heavy (non-hydrogen) atoms. The first-order chi connectivity index (χ1) is 16.2. The van der Waals surface area contributed by atoms with Gasteiger partial charge < -0.3 is 10.1 Å². The maximum absolute atomic E-state index is 12.6. The molecule has 0 radical (unpaired) electrons. The fourth-order valence-electron chi connectivity index (χ4n) is 3.40. The van der Waals surface area contributed by atoms with Crippen molar-refractivity contribution in [2.24, 2.45) is 0 Å². The van der Waals surface area contributed by atoms with Crippen LogP contribution in [-0.2, 0) is 17.8 Å². The van der Waals surface area contributed by atoms with Crippen LogP contribution in [0.15, 0.2) is 104 Å². The highest BCUT2D eigenvalue weighted by Gasteiger charge is 2.24. The van der Waals surface area contributed by atoms with Crippen LogP contribution >= 0.6 is 0 Å². The minimum atomic E-state index is -0.523. The van der Waals surface area contributed by atoms with E-state index < -0.39 is 6.09 Å². The number of benzene rings is 3. The summed E-state index contributed by atoms with van der Waals surface area (Å²) in [6.45, 7) is 4.01. The van der Waals surface area contributed by atoms with E-state index in [1.807, 2.05) is 66.7 Å². The molecule has 0 unspecified atom stereocenters. The molecule has 6 nitrogen and oxygen atoms in total. The zero-order valence-electron chi connectivity index (χ0n) is 18.4. The van der Waals surface area contributed by atoms with Crippen LogP contribution in [0.5, 0.6) is 0 Å². The fraction of sp³-hybridized carbons (Fsp3) is 0.185. The van der Waals surface area contributed by atoms with E-state index in [4.69, 9.17) is 4.74 Å². The molecule has 170 valence electrons. The van der Waals surface area contributed by atoms with Gasteiger partial charge in [-0.15, -0.1) is 6.58 Å². The van der Waals surface area contributed by atoms with Gasteiger partial charge in [0.1, 0.15) is 6.61 Å². The molecule has 0 heterocycles. The lowest BCUT2D eigenvalue weighted by atomic mass is 9.97. The Morgan fingerprint density at radius 1 is 0.818 bits per heavy atom. The highest BCUT2D eigenvalue weighted by molar-refractivity contribution is 5.93. The fourth-order valence-corrected chi connectivity index (χ4v) is 3.40. The monoisotopic (exact) mass is 443 g/mol. The zero-order valence-corrected chi connectivity index (χ0v) is 18.4. The third-order valence-electron chi connectivity index (χ3n) is 5.13. The number of hydrazine groups is 1. The smallest absolute Gasteiger partial charge is 0.407 e. The van der Waals surface area contributed by atoms with E-state index in [9.17, 15) is 9.59 Å². The van der Waals surface area contributed by atoms with Crippen molar-refractivity contribution < 1.29 is 14.3 Å². The van der Waals surface area contributed by atoms with Gasteiger partial charge in [0.2, 0.25) is 0 Å². The van der Waals surface area contributed by atoms with Crippen molar-refractivity contribution in [2.45, 2.75) is 31.5 Å². The largest absolute Gasteiger partial charge is 0.445 e. The molecule has 0 fully saturated rings. The topological polar surface area (TPSA) is 79.5 Å². The van der Waals surface area contributed by atoms with Crippen molar-refractivity contribution in [1.29, 1.82) is 0 Å². The maximum Gasteiger partial charge on any atom is 0.407 e. The zero-order chi connectivity index (χ0) is 23.3. The van der Waals surface area contributed by atoms with Crippen molar-refractivity contribution in [1.82, 2.24) is 16.2 Å². The van der Waals surface area contributed by atoms with Gasteiger partial charge in [0, 0.05) is 5.56 Å². The van der Waals surface area contributed by atoms with Crippen LogP contribution in [0.2, 0.25) is 0 Å². The van der Waals surface area contributed by atoms with E-state index in [2.05, 4.69) is 22.7 Å². The second-order valence-electron chi connectivity index (χ2n) is 7.60. The quantitative estimate of drug-likeness (QED) is 0.303. The van der Waals surface area contributed by atoms with Gasteiger partial charge in [-0.05, 0) is 36.1 Å². The van der Waals surface area contributed by atoms with Crippen molar-refractivity contribution >= 4 is 12.0 Å². The Labute approximate surface area is 194 Å². The van der Waals surface area contributed by atoms with Crippen molar-refractivity contribution in [3.63, 3.8) is 0 Å². The van der Waals surface area contributed by atoms with Crippen LogP contribution in [0.1, 0.15) is 27.9 Å². The van der Waals surface area contributed by atoms with Gasteiger partial charge in [-0.2, -0.15) is 0 Å². The number of carbonyl (C=O) groups is 2. The summed E-state index contributed by atoms with van der Waals surface area (Å²) in [6.07, 6.45) is 2.30. The standard InChI is InChI=1S/C27H29N3O3/c1-2-12-24(29-30-26(31)23-17-10-5-11-18-23)25(19-21-13-6-3-7-14-21)28-27(32)33-20-22-15-8-4-9-16-22/h2-11,13-18,24-25,29H,1,12,19-20H2,(H,28,32)(H,30,31)/t24-,25+/m1/s1. The second-order valence-corrected chi connectivity index (χ2v) is 7.60. The average Bonchev–Trinajstić information content (AvgIpc) is 2.86. The highest BCUT2D eigenvalue weighted by atomic mass is 16.5. The molecular weight excluding hydrogens is 414 g/mol. The van der Waals surface area contributed by atoms with Crippen LogP contribution < -0.4 is 16.2 Å². The number of ether oxygens (including phenoxy) is 1. The maximum atomic E-state index is 12.6. The lowest BCUT2D eigenvalue weighted by Crippen LogP contribution is -2.56. The molecular formula is C27H29N3O3. The molecule has 2 atom stereocenters. The number of alkyl carbamates (subject to hydrolysis) is 1. The van der Waals surface area contributed by atoms with Gasteiger partial charge >= 0.3 is 6.09 Å². The Balaban J connectivity index is 1.68. The van der Waals surface area contributed by atoms with E-state index in [1.54, 1.807) is 30.3 Å². The third-order valence-corrected chi connectivity index (χ3v) is 5.13. The molecule has 6 heteroatoms. The first-order valence-electron chi connectivity index (χ1n) is 10.9. The second kappa shape index (κ2) is 12.8. The van der Waals surface area contributed by atoms with Crippen molar-refractivity contribution in [2.75, 3.05) is 0 Å². The molecule has 0 spiro atoms. The molecule has 0 aliphatic rings. The minimum absolute atomic E-state index is 0.176. The molecule has 2 amide bonds. The van der Waals surface area contributed by atoms with E-state index in [-0.39, 0.29) is 24.6 Å². The molecule has 3 rings (SSSR count). The van der Waals surface area contributed by atoms with Gasteiger partial charge in [0.15, 0.2) is 0 Å². The predicted octanol–water partition coefficient (Wildman–Crippen LogP) is 4.40. The summed E-state index contributed by atoms with van der Waals surface area (Å²) < 4.78 is 5.43. The Morgan fingerprint density at radius 2 is 1.39 bits per heavy atom. The summed E-state index contributed by atoms with van der Waals surface area (Å²) in [5.74, 6) is -0.255. The molecule has 0 bridgehead atoms. The summed E-state index contributed by atoms with van der Waals surface area (Å²) in [7, 11) is 0. The summed E-state index contributed by atoms with van der Waals surface area (Å²) in [5, 5.41) is 2.96. The first-order valence-corrected chi connectivity index (χ1v) is 10.9. The summed E-state index contributed by atoms with van der Waals surface area (Å²) in [4.78, 5) is 25.1. The van der Waals surface area contributed by atoms with Crippen LogP contribution in [0, 0.1) is 0 Å². The van der Waals surface area contributed by atoms with Crippen molar-refractivity contribution in [3.05, 3.63) is 120 Å². The number of rotatable bonds is 11. The molecule has 0 aliphatic heterocycles. The number of hydrogen-bond acceptors (Lipinski definition) is 4. The van der Waals surface area contributed by atoms with E-state index in [1.165, 1.54) is 0 Å². The van der Waals surface area contributed by atoms with Crippen LogP contribution in [0.3, 0.4) is 0 Å². The van der Waals surface area contributed by atoms with Crippen LogP contribution in [0.25, 0.3) is 0 Å². The third kappa shape index (κ3) is 7.94. The van der Waals surface area contributed by atoms with Crippen LogP contribution in [-0.4, -0.2) is 24.1 Å². The van der Waals surface area contributed by atoms with E-state index in [0.717, 1.165) is 11.1 Å². The normalized spacial score (nSPS) is 12.2. The lowest BCUT2D eigenvalue weighted by Gasteiger charge is -2.28. The highest BCUT2D eigenvalue weighted by Crippen LogP contribution is 2.10. The number of nitrogens with one attached hydrogen (secondary N) is 3. The molecule has 3 aromatic rings. The van der Waals surface area contributed by atoms with E-state index in [0.29, 0.717) is 18.4 Å². The average molecular weight is 444 g/mol. The molecule has 3 aromatic carbocycles. The Bertz CT molecular complexity index is 1010. The van der Waals surface area contributed by atoms with Gasteiger partial charge in [-0.3, -0.25) is 10.2 Å². The Kier molecular flexibility index (Phi) is 9.24. The van der Waals surface area contributed by atoms with Crippen molar-refractivity contribution in [3.8, 4) is 0 Å². The molecule has 3 N–H and O–H groups in total. The summed E-state index contributed by atoms with van der Waals surface area (Å²) >= 11 is 0.